The summed E-state index contributed by atoms with van der Waals surface area (Å²) in [5.41, 5.74) is 8.68. The van der Waals surface area contributed by atoms with E-state index in [4.69, 9.17) is 10.5 Å². The van der Waals surface area contributed by atoms with Crippen molar-refractivity contribution in [1.29, 1.82) is 0 Å². The lowest BCUT2D eigenvalue weighted by molar-refractivity contribution is -0.548. The highest BCUT2D eigenvalue weighted by molar-refractivity contribution is 5.96. The van der Waals surface area contributed by atoms with Crippen LogP contribution >= 0.6 is 0 Å². The molecule has 2 heterocycles. The fourth-order valence-electron chi connectivity index (χ4n) is 2.57. The number of amidine groups is 1. The standard InChI is InChI=1S/C13H16N2O/c14-13-12-6-2-1-4-10(12)8-15(13)9-11-5-3-7-16-11/h1-2,4,6,11,14H,3,5,7-9H2/p+1. The monoisotopic (exact) mass is 217 g/mol. The van der Waals surface area contributed by atoms with E-state index in [9.17, 15) is 0 Å². The number of nitrogens with two attached hydrogens (primary N) is 1. The molecular formula is C13H17N2O+. The molecule has 84 valence electrons. The van der Waals surface area contributed by atoms with E-state index in [-0.39, 0.29) is 0 Å². The summed E-state index contributed by atoms with van der Waals surface area (Å²) >= 11 is 0. The van der Waals surface area contributed by atoms with Gasteiger partial charge in [0.2, 0.25) is 0 Å². The molecule has 1 saturated heterocycles. The summed E-state index contributed by atoms with van der Waals surface area (Å²) in [4.78, 5) is 0. The molecular weight excluding hydrogens is 200 g/mol. The van der Waals surface area contributed by atoms with Crippen LogP contribution in [-0.2, 0) is 11.3 Å². The van der Waals surface area contributed by atoms with Crippen LogP contribution in [0.1, 0.15) is 24.0 Å². The molecule has 0 radical (unpaired) electrons. The average Bonchev–Trinajstić information content (AvgIpc) is 2.90. The maximum Gasteiger partial charge on any atom is 0.275 e. The Morgan fingerprint density at radius 1 is 1.38 bits per heavy atom. The Kier molecular flexibility index (Phi) is 2.40. The van der Waals surface area contributed by atoms with Crippen molar-refractivity contribution in [3.63, 3.8) is 0 Å². The minimum absolute atomic E-state index is 0.368. The lowest BCUT2D eigenvalue weighted by atomic mass is 10.1. The van der Waals surface area contributed by atoms with E-state index in [0.717, 1.165) is 25.5 Å². The molecule has 16 heavy (non-hydrogen) atoms. The number of nitrogens with zero attached hydrogens (tertiary/aromatic N) is 1. The van der Waals surface area contributed by atoms with Gasteiger partial charge in [0.1, 0.15) is 13.1 Å². The molecule has 1 aromatic rings. The number of hydrogen-bond acceptors (Lipinski definition) is 2. The molecule has 0 bridgehead atoms. The molecule has 1 aromatic carbocycles. The Morgan fingerprint density at radius 3 is 3.00 bits per heavy atom. The lowest BCUT2D eigenvalue weighted by Crippen LogP contribution is -2.29. The Bertz CT molecular complexity index is 433. The van der Waals surface area contributed by atoms with Gasteiger partial charge in [-0.15, -0.1) is 0 Å². The molecule has 0 aliphatic carbocycles. The largest absolute Gasteiger partial charge is 0.374 e. The maximum absolute atomic E-state index is 6.16. The van der Waals surface area contributed by atoms with Gasteiger partial charge in [-0.25, -0.2) is 0 Å². The first-order valence-electron chi connectivity index (χ1n) is 5.92. The van der Waals surface area contributed by atoms with E-state index in [0.29, 0.717) is 6.10 Å². The Balaban J connectivity index is 1.80. The third kappa shape index (κ3) is 1.61. The second kappa shape index (κ2) is 3.91. The molecule has 3 nitrogen and oxygen atoms in total. The minimum atomic E-state index is 0.368. The fraction of sp³-hybridized carbons (Fsp3) is 0.462. The molecule has 2 aliphatic heterocycles. The van der Waals surface area contributed by atoms with Gasteiger partial charge >= 0.3 is 0 Å². The molecule has 1 unspecified atom stereocenters. The molecule has 0 spiro atoms. The van der Waals surface area contributed by atoms with Crippen molar-refractivity contribution in [2.45, 2.75) is 25.5 Å². The van der Waals surface area contributed by atoms with Gasteiger partial charge in [0.15, 0.2) is 0 Å². The molecule has 1 fully saturated rings. The van der Waals surface area contributed by atoms with Crippen LogP contribution in [0.4, 0.5) is 0 Å². The van der Waals surface area contributed by atoms with Crippen LogP contribution in [0.5, 0.6) is 0 Å². The third-order valence-electron chi connectivity index (χ3n) is 3.44. The Labute approximate surface area is 95.5 Å². The van der Waals surface area contributed by atoms with Crippen LogP contribution < -0.4 is 5.73 Å². The topological polar surface area (TPSA) is 38.3 Å². The first-order valence-corrected chi connectivity index (χ1v) is 5.92. The summed E-state index contributed by atoms with van der Waals surface area (Å²) in [5.74, 6) is 0.908. The third-order valence-corrected chi connectivity index (χ3v) is 3.44. The molecule has 3 heteroatoms. The summed E-state index contributed by atoms with van der Waals surface area (Å²) < 4.78 is 7.89. The van der Waals surface area contributed by atoms with Gasteiger partial charge in [0.25, 0.3) is 5.84 Å². The van der Waals surface area contributed by atoms with E-state index < -0.39 is 0 Å². The minimum Gasteiger partial charge on any atom is -0.374 e. The second-order valence-corrected chi connectivity index (χ2v) is 4.56. The zero-order chi connectivity index (χ0) is 11.0. The predicted octanol–water partition coefficient (Wildman–Crippen LogP) is 1.10. The smallest absolute Gasteiger partial charge is 0.275 e. The summed E-state index contributed by atoms with van der Waals surface area (Å²) in [5, 5.41) is 0. The quantitative estimate of drug-likeness (QED) is 0.753. The average molecular weight is 217 g/mol. The lowest BCUT2D eigenvalue weighted by Gasteiger charge is -2.09. The molecule has 3 rings (SSSR count). The number of ether oxygens (including phenoxy) is 1. The van der Waals surface area contributed by atoms with Gasteiger partial charge in [-0.2, -0.15) is 0 Å². The van der Waals surface area contributed by atoms with Crippen molar-refractivity contribution in [3.05, 3.63) is 35.4 Å². The summed E-state index contributed by atoms with van der Waals surface area (Å²) in [6.45, 7) is 2.77. The van der Waals surface area contributed by atoms with Crippen molar-refractivity contribution in [2.75, 3.05) is 13.2 Å². The summed E-state index contributed by atoms with van der Waals surface area (Å²) in [6.07, 6.45) is 2.72. The maximum atomic E-state index is 6.16. The molecule has 1 atom stereocenters. The van der Waals surface area contributed by atoms with E-state index >= 15 is 0 Å². The molecule has 2 aliphatic rings. The van der Waals surface area contributed by atoms with Gasteiger partial charge in [0, 0.05) is 12.2 Å². The van der Waals surface area contributed by atoms with Crippen LogP contribution in [0, 0.1) is 0 Å². The number of fused-ring (bicyclic) bond motifs is 1. The first kappa shape index (κ1) is 9.85. The van der Waals surface area contributed by atoms with E-state index in [1.807, 2.05) is 6.07 Å². The highest BCUT2D eigenvalue weighted by Gasteiger charge is 2.27. The fourth-order valence-corrected chi connectivity index (χ4v) is 2.57. The van der Waals surface area contributed by atoms with Crippen LogP contribution in [0.2, 0.25) is 0 Å². The molecule has 2 N–H and O–H groups in total. The van der Waals surface area contributed by atoms with E-state index in [1.165, 1.54) is 24.0 Å². The van der Waals surface area contributed by atoms with Crippen molar-refractivity contribution < 1.29 is 9.31 Å². The van der Waals surface area contributed by atoms with Crippen LogP contribution in [0.25, 0.3) is 0 Å². The predicted molar refractivity (Wildman–Crippen MR) is 62.5 cm³/mol. The zero-order valence-electron chi connectivity index (χ0n) is 9.36. The molecule has 0 aromatic heterocycles. The van der Waals surface area contributed by atoms with Crippen molar-refractivity contribution in [2.24, 2.45) is 5.73 Å². The first-order chi connectivity index (χ1) is 7.84. The Morgan fingerprint density at radius 2 is 2.25 bits per heavy atom. The van der Waals surface area contributed by atoms with Crippen molar-refractivity contribution in [3.8, 4) is 0 Å². The van der Waals surface area contributed by atoms with Gasteiger partial charge in [-0.05, 0) is 18.9 Å². The van der Waals surface area contributed by atoms with Crippen LogP contribution in [-0.4, -0.2) is 29.7 Å². The Hall–Kier alpha value is -1.35. The number of rotatable bonds is 2. The second-order valence-electron chi connectivity index (χ2n) is 4.56. The normalized spacial score (nSPS) is 23.9. The number of hydrogen-bond donors (Lipinski definition) is 1. The van der Waals surface area contributed by atoms with E-state index in [2.05, 4.69) is 22.8 Å². The van der Waals surface area contributed by atoms with Crippen LogP contribution in [0.3, 0.4) is 0 Å². The van der Waals surface area contributed by atoms with Crippen molar-refractivity contribution in [1.82, 2.24) is 0 Å². The molecule has 0 saturated carbocycles. The SMILES string of the molecule is NC1=[N+](CC2CCCO2)Cc2ccccc21. The van der Waals surface area contributed by atoms with Gasteiger partial charge < -0.3 is 4.74 Å². The highest BCUT2D eigenvalue weighted by atomic mass is 16.5. The van der Waals surface area contributed by atoms with Gasteiger partial charge in [0.05, 0.1) is 11.7 Å². The molecule has 0 amide bonds. The number of benzene rings is 1. The summed E-state index contributed by atoms with van der Waals surface area (Å²) in [7, 11) is 0. The zero-order valence-corrected chi connectivity index (χ0v) is 9.36. The van der Waals surface area contributed by atoms with Gasteiger partial charge in [-0.3, -0.25) is 10.3 Å². The van der Waals surface area contributed by atoms with Gasteiger partial charge in [-0.1, -0.05) is 18.2 Å². The highest BCUT2D eigenvalue weighted by Crippen LogP contribution is 2.19. The summed E-state index contributed by atoms with van der Waals surface area (Å²) in [6, 6.07) is 8.36. The van der Waals surface area contributed by atoms with Crippen molar-refractivity contribution >= 4 is 5.84 Å². The van der Waals surface area contributed by atoms with E-state index in [1.54, 1.807) is 0 Å². The van der Waals surface area contributed by atoms with Crippen LogP contribution in [0.15, 0.2) is 24.3 Å².